The first-order valence-electron chi connectivity index (χ1n) is 5.96. The van der Waals surface area contributed by atoms with Crippen LogP contribution in [0.5, 0.6) is 0 Å². The van der Waals surface area contributed by atoms with Crippen LogP contribution in [0.15, 0.2) is 15.7 Å². The lowest BCUT2D eigenvalue weighted by molar-refractivity contribution is 0.0568. The Labute approximate surface area is 111 Å². The Morgan fingerprint density at radius 1 is 1.56 bits per heavy atom. The molecule has 1 aromatic rings. The third kappa shape index (κ3) is 3.52. The lowest BCUT2D eigenvalue weighted by Crippen LogP contribution is -2.32. The number of rotatable bonds is 5. The van der Waals surface area contributed by atoms with Crippen LogP contribution in [0.25, 0.3) is 0 Å². The lowest BCUT2D eigenvalue weighted by atomic mass is 10.0. The van der Waals surface area contributed by atoms with Gasteiger partial charge in [0.25, 0.3) is 0 Å². The zero-order valence-corrected chi connectivity index (χ0v) is 11.7. The summed E-state index contributed by atoms with van der Waals surface area (Å²) in [7, 11) is -3.39. The van der Waals surface area contributed by atoms with Crippen LogP contribution in [0.1, 0.15) is 18.4 Å². The van der Waals surface area contributed by atoms with Crippen molar-refractivity contribution in [3.8, 4) is 0 Å². The van der Waals surface area contributed by atoms with Crippen molar-refractivity contribution in [3.05, 3.63) is 17.0 Å². The molecule has 5 nitrogen and oxygen atoms in total. The summed E-state index contributed by atoms with van der Waals surface area (Å²) in [6.45, 7) is 2.23. The molecule has 1 atom stereocenters. The summed E-state index contributed by atoms with van der Waals surface area (Å²) >= 11 is 1.21. The summed E-state index contributed by atoms with van der Waals surface area (Å²) in [5, 5.41) is 1.78. The highest BCUT2D eigenvalue weighted by Gasteiger charge is 2.20. The number of nitrogens with one attached hydrogen (secondary N) is 1. The first-order valence-corrected chi connectivity index (χ1v) is 8.33. The van der Waals surface area contributed by atoms with Gasteiger partial charge in [-0.2, -0.15) is 0 Å². The quantitative estimate of drug-likeness (QED) is 0.844. The van der Waals surface area contributed by atoms with Gasteiger partial charge in [0.15, 0.2) is 0 Å². The van der Waals surface area contributed by atoms with E-state index in [0.29, 0.717) is 23.9 Å². The summed E-state index contributed by atoms with van der Waals surface area (Å²) in [5.41, 5.74) is 6.32. The maximum Gasteiger partial charge on any atom is 0.250 e. The molecule has 0 amide bonds. The summed E-state index contributed by atoms with van der Waals surface area (Å²) in [6.07, 6.45) is 2.02. The van der Waals surface area contributed by atoms with Gasteiger partial charge in [0, 0.05) is 19.7 Å². The van der Waals surface area contributed by atoms with E-state index in [4.69, 9.17) is 10.5 Å². The molecule has 1 aliphatic rings. The first kappa shape index (κ1) is 14.0. The Morgan fingerprint density at radius 3 is 3.00 bits per heavy atom. The summed E-state index contributed by atoms with van der Waals surface area (Å²) in [5.74, 6) is 0.280. The molecule has 0 bridgehead atoms. The third-order valence-electron chi connectivity index (χ3n) is 2.95. The maximum absolute atomic E-state index is 12.0. The molecule has 1 unspecified atom stereocenters. The third-order valence-corrected chi connectivity index (χ3v) is 5.86. The highest BCUT2D eigenvalue weighted by atomic mass is 32.2. The van der Waals surface area contributed by atoms with E-state index in [0.717, 1.165) is 25.0 Å². The zero-order chi connectivity index (χ0) is 13.0. The van der Waals surface area contributed by atoms with Gasteiger partial charge in [-0.1, -0.05) is 0 Å². The highest BCUT2D eigenvalue weighted by Crippen LogP contribution is 2.20. The number of hydrogen-bond donors (Lipinski definition) is 2. The average Bonchev–Trinajstić information content (AvgIpc) is 2.87. The second-order valence-corrected chi connectivity index (χ2v) is 7.32. The Hall–Kier alpha value is -0.470. The molecule has 2 rings (SSSR count). The Balaban J connectivity index is 1.94. The molecule has 0 saturated carbocycles. The zero-order valence-electron chi connectivity index (χ0n) is 10.1. The van der Waals surface area contributed by atoms with Crippen LogP contribution in [0, 0.1) is 5.92 Å². The molecule has 0 aromatic carbocycles. The van der Waals surface area contributed by atoms with Gasteiger partial charge in [0.1, 0.15) is 4.21 Å². The lowest BCUT2D eigenvalue weighted by Gasteiger charge is -2.21. The molecule has 3 N–H and O–H groups in total. The van der Waals surface area contributed by atoms with Gasteiger partial charge in [0.05, 0.1) is 6.61 Å². The molecule has 1 saturated heterocycles. The van der Waals surface area contributed by atoms with Gasteiger partial charge in [-0.15, -0.1) is 11.3 Å². The van der Waals surface area contributed by atoms with E-state index in [1.54, 1.807) is 11.4 Å². The van der Waals surface area contributed by atoms with E-state index in [1.807, 2.05) is 0 Å². The second kappa shape index (κ2) is 6.12. The van der Waals surface area contributed by atoms with Crippen LogP contribution >= 0.6 is 11.3 Å². The molecule has 1 fully saturated rings. The van der Waals surface area contributed by atoms with E-state index in [2.05, 4.69) is 4.72 Å². The first-order chi connectivity index (χ1) is 8.62. The average molecular weight is 290 g/mol. The van der Waals surface area contributed by atoms with Crippen molar-refractivity contribution in [2.24, 2.45) is 11.7 Å². The predicted octanol–water partition coefficient (Wildman–Crippen LogP) is 0.912. The molecule has 0 spiro atoms. The summed E-state index contributed by atoms with van der Waals surface area (Å²) in [4.78, 5) is 0. The SMILES string of the molecule is NCc1csc(S(=O)(=O)NCC2CCCOC2)c1. The molecule has 1 aliphatic heterocycles. The van der Waals surface area contributed by atoms with Crippen molar-refractivity contribution >= 4 is 21.4 Å². The highest BCUT2D eigenvalue weighted by molar-refractivity contribution is 7.91. The molecule has 1 aromatic heterocycles. The van der Waals surface area contributed by atoms with E-state index < -0.39 is 10.0 Å². The number of nitrogens with two attached hydrogens (primary N) is 1. The number of ether oxygens (including phenoxy) is 1. The predicted molar refractivity (Wildman–Crippen MR) is 70.9 cm³/mol. The van der Waals surface area contributed by atoms with Crippen LogP contribution in [0.4, 0.5) is 0 Å². The van der Waals surface area contributed by atoms with E-state index in [-0.39, 0.29) is 5.92 Å². The van der Waals surface area contributed by atoms with Crippen molar-refractivity contribution in [2.75, 3.05) is 19.8 Å². The Morgan fingerprint density at radius 2 is 2.39 bits per heavy atom. The molecule has 0 aliphatic carbocycles. The van der Waals surface area contributed by atoms with Gasteiger partial charge in [-0.3, -0.25) is 0 Å². The van der Waals surface area contributed by atoms with Gasteiger partial charge in [-0.05, 0) is 35.8 Å². The molecular weight excluding hydrogens is 272 g/mol. The van der Waals surface area contributed by atoms with Crippen molar-refractivity contribution in [1.29, 1.82) is 0 Å². The molecule has 2 heterocycles. The van der Waals surface area contributed by atoms with Crippen LogP contribution in [-0.4, -0.2) is 28.2 Å². The minimum absolute atomic E-state index is 0.280. The van der Waals surface area contributed by atoms with Crippen molar-refractivity contribution in [1.82, 2.24) is 4.72 Å². The van der Waals surface area contributed by atoms with Gasteiger partial charge in [-0.25, -0.2) is 13.1 Å². The van der Waals surface area contributed by atoms with Crippen molar-refractivity contribution in [2.45, 2.75) is 23.6 Å². The summed E-state index contributed by atoms with van der Waals surface area (Å²) in [6, 6.07) is 1.63. The summed E-state index contributed by atoms with van der Waals surface area (Å²) < 4.78 is 32.3. The Bertz CT molecular complexity index is 478. The van der Waals surface area contributed by atoms with Gasteiger partial charge in [0.2, 0.25) is 10.0 Å². The molecule has 0 radical (unpaired) electrons. The molecule has 18 heavy (non-hydrogen) atoms. The van der Waals surface area contributed by atoms with Gasteiger partial charge >= 0.3 is 0 Å². The van der Waals surface area contributed by atoms with E-state index in [1.165, 1.54) is 11.3 Å². The molecule has 7 heteroatoms. The largest absolute Gasteiger partial charge is 0.381 e. The Kier molecular flexibility index (Phi) is 4.74. The maximum atomic E-state index is 12.0. The normalized spacial score (nSPS) is 21.1. The van der Waals surface area contributed by atoms with E-state index in [9.17, 15) is 8.42 Å². The molecular formula is C11H18N2O3S2. The number of thiophene rings is 1. The number of hydrogen-bond acceptors (Lipinski definition) is 5. The van der Waals surface area contributed by atoms with Crippen LogP contribution in [0.3, 0.4) is 0 Å². The standard InChI is InChI=1S/C11H18N2O3S2/c12-5-10-4-11(17-8-10)18(14,15)13-6-9-2-1-3-16-7-9/h4,8-9,13H,1-3,5-7,12H2. The van der Waals surface area contributed by atoms with E-state index >= 15 is 0 Å². The van der Waals surface area contributed by atoms with Gasteiger partial charge < -0.3 is 10.5 Å². The monoisotopic (exact) mass is 290 g/mol. The minimum Gasteiger partial charge on any atom is -0.381 e. The van der Waals surface area contributed by atoms with Crippen LogP contribution < -0.4 is 10.5 Å². The topological polar surface area (TPSA) is 81.4 Å². The van der Waals surface area contributed by atoms with Crippen molar-refractivity contribution in [3.63, 3.8) is 0 Å². The van der Waals surface area contributed by atoms with Crippen LogP contribution in [-0.2, 0) is 21.3 Å². The van der Waals surface area contributed by atoms with Crippen LogP contribution in [0.2, 0.25) is 0 Å². The number of sulfonamides is 1. The smallest absolute Gasteiger partial charge is 0.250 e. The van der Waals surface area contributed by atoms with Crippen molar-refractivity contribution < 1.29 is 13.2 Å². The fourth-order valence-electron chi connectivity index (χ4n) is 1.87. The fraction of sp³-hybridized carbons (Fsp3) is 0.636. The molecule has 102 valence electrons. The minimum atomic E-state index is -3.39. The second-order valence-electron chi connectivity index (χ2n) is 4.41. The fourth-order valence-corrected chi connectivity index (χ4v) is 4.25.